The number of aromatic nitrogens is 2. The van der Waals surface area contributed by atoms with Gasteiger partial charge in [0, 0.05) is 67.1 Å². The van der Waals surface area contributed by atoms with Gasteiger partial charge in [0.05, 0.1) is 52.5 Å². The Labute approximate surface area is 327 Å². The van der Waals surface area contributed by atoms with E-state index < -0.39 is 16.6 Å². The first-order valence-electron chi connectivity index (χ1n) is 17.8. The van der Waals surface area contributed by atoms with E-state index in [2.05, 4.69) is 21.3 Å². The van der Waals surface area contributed by atoms with Crippen molar-refractivity contribution >= 4 is 63.1 Å². The molecule has 0 saturated carbocycles. The number of carbonyl (C=O) groups is 2. The van der Waals surface area contributed by atoms with Crippen LogP contribution in [-0.4, -0.2) is 66.6 Å². The Kier molecular flexibility index (Phi) is 11.4. The summed E-state index contributed by atoms with van der Waals surface area (Å²) in [5, 5.41) is 13.2. The molecule has 2 aliphatic heterocycles. The fourth-order valence-corrected chi connectivity index (χ4v) is 8.57. The maximum absolute atomic E-state index is 16.4. The highest BCUT2D eigenvalue weighted by molar-refractivity contribution is 6.35. The van der Waals surface area contributed by atoms with Crippen LogP contribution in [0, 0.1) is 5.82 Å². The summed E-state index contributed by atoms with van der Waals surface area (Å²) < 4.78 is 28.0. The van der Waals surface area contributed by atoms with E-state index in [1.54, 1.807) is 13.2 Å². The molecule has 282 valence electrons. The maximum Gasteiger partial charge on any atom is 0.220 e. The summed E-state index contributed by atoms with van der Waals surface area (Å²) in [5.41, 5.74) is 2.36. The van der Waals surface area contributed by atoms with Gasteiger partial charge in [-0.05, 0) is 54.3 Å². The second kappa shape index (κ2) is 16.2. The van der Waals surface area contributed by atoms with E-state index in [0.29, 0.717) is 76.9 Å². The Bertz CT molecular complexity index is 2170. The number of alkyl halides is 1. The lowest BCUT2D eigenvalue weighted by Gasteiger charge is -2.38. The standard InChI is InChI=1S/C40H40Cl3FN6O4/c1-53-37-22(18-45-19-23-9-13-34(51)47-23)16-30(42)36-27(37)11-12-32(49-36)40(15-5-7-26(38(40)43)25-6-3-4-8-29(25)41)33-17-31(44)28(39(50-33)54-2)21-46-20-24-10-14-35(52)48-24/h3-8,11-12,15-17,23-24,38,45-46H,9-10,13-14,18-21H2,1-2H3,(H,47,51)(H,48,52)/t23-,24+,38?,40?/m1/s1. The molecule has 10 nitrogen and oxygen atoms in total. The lowest BCUT2D eigenvalue weighted by molar-refractivity contribution is -0.120. The minimum Gasteiger partial charge on any atom is -0.496 e. The number of carbonyl (C=O) groups excluding carboxylic acids is 2. The summed E-state index contributed by atoms with van der Waals surface area (Å²) >= 11 is 21.3. The predicted octanol–water partition coefficient (Wildman–Crippen LogP) is 6.38. The number of rotatable bonds is 13. The number of amides is 2. The molecule has 2 fully saturated rings. The third-order valence-electron chi connectivity index (χ3n) is 10.3. The summed E-state index contributed by atoms with van der Waals surface area (Å²) in [4.78, 5) is 33.4. The van der Waals surface area contributed by atoms with Crippen LogP contribution in [0.4, 0.5) is 4.39 Å². The van der Waals surface area contributed by atoms with Gasteiger partial charge in [0.2, 0.25) is 17.7 Å². The molecule has 4 atom stereocenters. The van der Waals surface area contributed by atoms with Gasteiger partial charge >= 0.3 is 0 Å². The summed E-state index contributed by atoms with van der Waals surface area (Å²) in [5.74, 6) is 0.220. The third-order valence-corrected chi connectivity index (χ3v) is 11.5. The van der Waals surface area contributed by atoms with Crippen molar-refractivity contribution < 1.29 is 23.5 Å². The second-order valence-electron chi connectivity index (χ2n) is 13.7. The highest BCUT2D eigenvalue weighted by atomic mass is 35.5. The van der Waals surface area contributed by atoms with Crippen molar-refractivity contribution in [2.24, 2.45) is 0 Å². The Hall–Kier alpha value is -4.26. The summed E-state index contributed by atoms with van der Waals surface area (Å²) in [6, 6.07) is 14.3. The molecule has 0 spiro atoms. The van der Waals surface area contributed by atoms with E-state index in [-0.39, 0.29) is 47.6 Å². The molecule has 1 aliphatic carbocycles. The average molecular weight is 794 g/mol. The zero-order chi connectivity index (χ0) is 38.0. The number of fused-ring (bicyclic) bond motifs is 1. The molecule has 2 saturated heterocycles. The molecule has 14 heteroatoms. The number of methoxy groups -OCH3 is 2. The molecule has 3 aliphatic rings. The van der Waals surface area contributed by atoms with Gasteiger partial charge in [-0.1, -0.05) is 59.6 Å². The zero-order valence-electron chi connectivity index (χ0n) is 29.8. The molecule has 0 bridgehead atoms. The lowest BCUT2D eigenvalue weighted by atomic mass is 9.70. The highest BCUT2D eigenvalue weighted by Gasteiger charge is 2.46. The Balaban J connectivity index is 1.29. The largest absolute Gasteiger partial charge is 0.496 e. The van der Waals surface area contributed by atoms with E-state index in [0.717, 1.165) is 17.5 Å². The van der Waals surface area contributed by atoms with Crippen LogP contribution in [0.15, 0.2) is 66.8 Å². The van der Waals surface area contributed by atoms with Crippen molar-refractivity contribution in [3.63, 3.8) is 0 Å². The van der Waals surface area contributed by atoms with Crippen LogP contribution in [0.2, 0.25) is 10.0 Å². The number of nitrogens with one attached hydrogen (secondary N) is 4. The minimum absolute atomic E-state index is 0.00899. The number of nitrogens with zero attached hydrogens (tertiary/aromatic N) is 2. The summed E-state index contributed by atoms with van der Waals surface area (Å²) in [7, 11) is 3.04. The topological polar surface area (TPSA) is 126 Å². The third kappa shape index (κ3) is 7.40. The monoisotopic (exact) mass is 792 g/mol. The minimum atomic E-state index is -1.32. The van der Waals surface area contributed by atoms with E-state index in [1.807, 2.05) is 54.6 Å². The summed E-state index contributed by atoms with van der Waals surface area (Å²) in [6.45, 7) is 1.66. The zero-order valence-corrected chi connectivity index (χ0v) is 32.0. The van der Waals surface area contributed by atoms with E-state index in [1.165, 1.54) is 13.2 Å². The van der Waals surface area contributed by atoms with Crippen molar-refractivity contribution in [2.45, 2.75) is 61.6 Å². The van der Waals surface area contributed by atoms with Crippen LogP contribution < -0.4 is 30.7 Å². The average Bonchev–Trinajstić information content (AvgIpc) is 3.79. The Morgan fingerprint density at radius 2 is 1.59 bits per heavy atom. The second-order valence-corrected chi connectivity index (χ2v) is 14.9. The van der Waals surface area contributed by atoms with Crippen molar-refractivity contribution in [1.29, 1.82) is 0 Å². The molecule has 4 aromatic rings. The Morgan fingerprint density at radius 3 is 2.24 bits per heavy atom. The van der Waals surface area contributed by atoms with Gasteiger partial charge in [0.1, 0.15) is 11.6 Å². The lowest BCUT2D eigenvalue weighted by Crippen LogP contribution is -2.40. The van der Waals surface area contributed by atoms with Crippen molar-refractivity contribution in [3.05, 3.63) is 111 Å². The van der Waals surface area contributed by atoms with Crippen LogP contribution in [0.5, 0.6) is 11.6 Å². The van der Waals surface area contributed by atoms with Crippen LogP contribution >= 0.6 is 34.8 Å². The number of allylic oxidation sites excluding steroid dienone is 4. The van der Waals surface area contributed by atoms with Crippen LogP contribution in [-0.2, 0) is 28.1 Å². The molecular weight excluding hydrogens is 754 g/mol. The molecule has 2 aromatic heterocycles. The maximum atomic E-state index is 16.4. The molecule has 0 radical (unpaired) electrons. The quantitative estimate of drug-likeness (QED) is 0.115. The van der Waals surface area contributed by atoms with E-state index in [9.17, 15) is 9.59 Å². The number of halogens is 4. The Morgan fingerprint density at radius 1 is 0.889 bits per heavy atom. The molecule has 2 unspecified atom stereocenters. The van der Waals surface area contributed by atoms with Crippen LogP contribution in [0.25, 0.3) is 16.5 Å². The van der Waals surface area contributed by atoms with Crippen LogP contribution in [0.3, 0.4) is 0 Å². The molecule has 7 rings (SSSR count). The number of pyridine rings is 2. The molecule has 54 heavy (non-hydrogen) atoms. The van der Waals surface area contributed by atoms with Gasteiger partial charge in [-0.3, -0.25) is 9.59 Å². The highest BCUT2D eigenvalue weighted by Crippen LogP contribution is 2.49. The molecular formula is C40H40Cl3FN6O4. The van der Waals surface area contributed by atoms with Gasteiger partial charge in [0.25, 0.3) is 0 Å². The normalized spacial score (nSPS) is 22.3. The first kappa shape index (κ1) is 38.0. The SMILES string of the molecule is COc1nc(C2(c3ccc4c(OC)c(CNC[C@H]5CCC(=O)N5)cc(Cl)c4n3)C=CC=C(c3ccccc3Cl)C2Cl)cc(F)c1CNC[C@@H]1CCC(=O)N1. The van der Waals surface area contributed by atoms with Crippen molar-refractivity contribution in [2.75, 3.05) is 27.3 Å². The van der Waals surface area contributed by atoms with Gasteiger partial charge < -0.3 is 30.7 Å². The molecule has 2 amide bonds. The fourth-order valence-electron chi connectivity index (χ4n) is 7.56. The smallest absolute Gasteiger partial charge is 0.220 e. The van der Waals surface area contributed by atoms with E-state index >= 15 is 4.39 Å². The fraction of sp³-hybridized carbons (Fsp3) is 0.350. The first-order valence-corrected chi connectivity index (χ1v) is 19.0. The predicted molar refractivity (Wildman–Crippen MR) is 209 cm³/mol. The van der Waals surface area contributed by atoms with E-state index in [4.69, 9.17) is 54.2 Å². The van der Waals surface area contributed by atoms with Crippen molar-refractivity contribution in [1.82, 2.24) is 31.2 Å². The molecule has 4 N–H and O–H groups in total. The summed E-state index contributed by atoms with van der Waals surface area (Å²) in [6.07, 6.45) is 8.10. The number of ether oxygens (including phenoxy) is 2. The van der Waals surface area contributed by atoms with Crippen molar-refractivity contribution in [3.8, 4) is 11.6 Å². The number of benzene rings is 2. The van der Waals surface area contributed by atoms with Gasteiger partial charge in [0.15, 0.2) is 0 Å². The van der Waals surface area contributed by atoms with Gasteiger partial charge in [-0.2, -0.15) is 0 Å². The van der Waals surface area contributed by atoms with Crippen LogP contribution in [0.1, 0.15) is 53.8 Å². The number of hydrogen-bond donors (Lipinski definition) is 4. The van der Waals surface area contributed by atoms with Gasteiger partial charge in [-0.15, -0.1) is 11.6 Å². The first-order chi connectivity index (χ1) is 26.1. The number of hydrogen-bond acceptors (Lipinski definition) is 8. The van der Waals surface area contributed by atoms with Gasteiger partial charge in [-0.25, -0.2) is 14.4 Å². The molecule has 4 heterocycles. The molecule has 2 aromatic carbocycles.